The van der Waals surface area contributed by atoms with Crippen molar-refractivity contribution in [3.63, 3.8) is 0 Å². The molecule has 3 heteroatoms. The van der Waals surface area contributed by atoms with Crippen molar-refractivity contribution in [2.75, 3.05) is 18.0 Å². The number of nitrogens with one attached hydrogen (secondary N) is 1. The van der Waals surface area contributed by atoms with E-state index in [0.717, 1.165) is 38.0 Å². The van der Waals surface area contributed by atoms with Crippen LogP contribution in [0.15, 0.2) is 24.3 Å². The first-order chi connectivity index (χ1) is 8.74. The van der Waals surface area contributed by atoms with Crippen molar-refractivity contribution in [1.29, 1.82) is 0 Å². The predicted molar refractivity (Wildman–Crippen MR) is 74.9 cm³/mol. The molecule has 0 radical (unpaired) electrons. The number of aryl methyl sites for hydroxylation is 1. The lowest BCUT2D eigenvalue weighted by atomic mass is 10.0. The van der Waals surface area contributed by atoms with Gasteiger partial charge in [-0.25, -0.2) is 0 Å². The van der Waals surface area contributed by atoms with Gasteiger partial charge in [-0.3, -0.25) is 4.79 Å². The third-order valence-corrected chi connectivity index (χ3v) is 3.65. The molecule has 0 aromatic heterocycles. The summed E-state index contributed by atoms with van der Waals surface area (Å²) in [5.41, 5.74) is 2.35. The highest BCUT2D eigenvalue weighted by atomic mass is 16.2. The number of carbonyl (C=O) groups is 1. The molecule has 1 heterocycles. The molecule has 1 aliphatic rings. The average molecular weight is 246 g/mol. The Kier molecular flexibility index (Phi) is 4.37. The van der Waals surface area contributed by atoms with Crippen LogP contribution >= 0.6 is 0 Å². The summed E-state index contributed by atoms with van der Waals surface area (Å²) in [7, 11) is 0. The molecular formula is C15H22N2O. The van der Waals surface area contributed by atoms with Gasteiger partial charge in [0.15, 0.2) is 0 Å². The van der Waals surface area contributed by atoms with E-state index < -0.39 is 0 Å². The van der Waals surface area contributed by atoms with Crippen LogP contribution in [0.4, 0.5) is 5.69 Å². The van der Waals surface area contributed by atoms with Gasteiger partial charge in [0.05, 0.1) is 0 Å². The summed E-state index contributed by atoms with van der Waals surface area (Å²) in [6.45, 7) is 5.82. The molecule has 1 fully saturated rings. The monoisotopic (exact) mass is 246 g/mol. The van der Waals surface area contributed by atoms with E-state index in [-0.39, 0.29) is 5.91 Å². The van der Waals surface area contributed by atoms with Crippen molar-refractivity contribution in [1.82, 2.24) is 5.32 Å². The molecule has 1 aromatic rings. The van der Waals surface area contributed by atoms with Crippen molar-refractivity contribution >= 4 is 11.6 Å². The van der Waals surface area contributed by atoms with Gasteiger partial charge in [-0.05, 0) is 44.0 Å². The van der Waals surface area contributed by atoms with Crippen molar-refractivity contribution in [3.05, 3.63) is 29.8 Å². The average Bonchev–Trinajstić information content (AvgIpc) is 2.40. The summed E-state index contributed by atoms with van der Waals surface area (Å²) < 4.78 is 0. The molecule has 1 N–H and O–H groups in total. The van der Waals surface area contributed by atoms with Gasteiger partial charge in [0.25, 0.3) is 0 Å². The zero-order valence-electron chi connectivity index (χ0n) is 11.3. The quantitative estimate of drug-likeness (QED) is 0.888. The van der Waals surface area contributed by atoms with Crippen LogP contribution in [0.1, 0.15) is 32.3 Å². The highest BCUT2D eigenvalue weighted by Gasteiger charge is 2.25. The number of nitrogens with zero attached hydrogens (tertiary/aromatic N) is 1. The third-order valence-electron chi connectivity index (χ3n) is 3.65. The lowest BCUT2D eigenvalue weighted by molar-refractivity contribution is -0.117. The predicted octanol–water partition coefficient (Wildman–Crippen LogP) is 2.35. The first kappa shape index (κ1) is 13.1. The second-order valence-electron chi connectivity index (χ2n) is 4.85. The van der Waals surface area contributed by atoms with E-state index in [2.05, 4.69) is 24.4 Å². The number of hydrogen-bond donors (Lipinski definition) is 1. The second kappa shape index (κ2) is 6.01. The molecule has 3 nitrogen and oxygen atoms in total. The fraction of sp³-hybridized carbons (Fsp3) is 0.533. The van der Waals surface area contributed by atoms with Gasteiger partial charge < -0.3 is 10.2 Å². The van der Waals surface area contributed by atoms with Crippen LogP contribution < -0.4 is 10.2 Å². The van der Waals surface area contributed by atoms with Gasteiger partial charge in [-0.1, -0.05) is 25.1 Å². The summed E-state index contributed by atoms with van der Waals surface area (Å²) in [6, 6.07) is 8.60. The Balaban J connectivity index is 2.31. The Morgan fingerprint density at radius 3 is 2.61 bits per heavy atom. The molecule has 98 valence electrons. The maximum atomic E-state index is 12.0. The van der Waals surface area contributed by atoms with Crippen molar-refractivity contribution < 1.29 is 4.79 Å². The van der Waals surface area contributed by atoms with E-state index in [9.17, 15) is 4.79 Å². The summed E-state index contributed by atoms with van der Waals surface area (Å²) in [5, 5.41) is 3.35. The zero-order chi connectivity index (χ0) is 13.0. The molecule has 1 aromatic carbocycles. The lowest BCUT2D eigenvalue weighted by Gasteiger charge is -2.35. The van der Waals surface area contributed by atoms with Crippen molar-refractivity contribution in [3.8, 4) is 0 Å². The summed E-state index contributed by atoms with van der Waals surface area (Å²) in [6.07, 6.45) is 3.04. The van der Waals surface area contributed by atoms with Gasteiger partial charge in [-0.2, -0.15) is 0 Å². The van der Waals surface area contributed by atoms with Crippen LogP contribution in [0.2, 0.25) is 0 Å². The molecule has 2 rings (SSSR count). The number of anilines is 1. The van der Waals surface area contributed by atoms with E-state index in [1.54, 1.807) is 6.92 Å². The Morgan fingerprint density at radius 2 is 2.00 bits per heavy atom. The Hall–Kier alpha value is -1.35. The van der Waals surface area contributed by atoms with E-state index in [1.807, 2.05) is 17.0 Å². The summed E-state index contributed by atoms with van der Waals surface area (Å²) in [4.78, 5) is 14.0. The largest absolute Gasteiger partial charge is 0.317 e. The number of piperidine rings is 1. The van der Waals surface area contributed by atoms with Crippen LogP contribution in [-0.4, -0.2) is 25.0 Å². The highest BCUT2D eigenvalue weighted by Crippen LogP contribution is 2.26. The molecule has 0 bridgehead atoms. The molecule has 0 saturated carbocycles. The van der Waals surface area contributed by atoms with Gasteiger partial charge in [0.1, 0.15) is 0 Å². The summed E-state index contributed by atoms with van der Waals surface area (Å²) >= 11 is 0. The topological polar surface area (TPSA) is 32.3 Å². The molecule has 1 saturated heterocycles. The Labute approximate surface area is 109 Å². The minimum absolute atomic E-state index is 0.155. The van der Waals surface area contributed by atoms with Crippen molar-refractivity contribution in [2.24, 2.45) is 0 Å². The van der Waals surface area contributed by atoms with Crippen LogP contribution in [0.25, 0.3) is 0 Å². The van der Waals surface area contributed by atoms with Gasteiger partial charge in [0, 0.05) is 18.7 Å². The van der Waals surface area contributed by atoms with E-state index in [4.69, 9.17) is 0 Å². The molecule has 0 aliphatic carbocycles. The maximum absolute atomic E-state index is 12.0. The number of carbonyl (C=O) groups excluding carboxylic acids is 1. The van der Waals surface area contributed by atoms with Crippen LogP contribution in [0.5, 0.6) is 0 Å². The summed E-state index contributed by atoms with van der Waals surface area (Å²) in [5.74, 6) is 0.155. The molecular weight excluding hydrogens is 224 g/mol. The lowest BCUT2D eigenvalue weighted by Crippen LogP contribution is -2.45. The Bertz CT molecular complexity index is 411. The zero-order valence-corrected chi connectivity index (χ0v) is 11.3. The van der Waals surface area contributed by atoms with Crippen LogP contribution in [-0.2, 0) is 11.2 Å². The van der Waals surface area contributed by atoms with Gasteiger partial charge >= 0.3 is 0 Å². The molecule has 1 aliphatic heterocycles. The number of amides is 1. The molecule has 18 heavy (non-hydrogen) atoms. The maximum Gasteiger partial charge on any atom is 0.224 e. The first-order valence-corrected chi connectivity index (χ1v) is 6.82. The van der Waals surface area contributed by atoms with Gasteiger partial charge in [-0.15, -0.1) is 0 Å². The third kappa shape index (κ3) is 2.72. The Morgan fingerprint density at radius 1 is 1.33 bits per heavy atom. The van der Waals surface area contributed by atoms with E-state index in [1.165, 1.54) is 5.56 Å². The minimum atomic E-state index is 0.155. The fourth-order valence-corrected chi connectivity index (χ4v) is 2.73. The first-order valence-electron chi connectivity index (χ1n) is 6.82. The SMILES string of the molecule is CCc1ccccc1N(C(C)=O)C1CCNCC1. The van der Waals surface area contributed by atoms with Gasteiger partial charge in [0.2, 0.25) is 5.91 Å². The highest BCUT2D eigenvalue weighted by molar-refractivity contribution is 5.93. The second-order valence-corrected chi connectivity index (χ2v) is 4.85. The number of hydrogen-bond acceptors (Lipinski definition) is 2. The standard InChI is InChI=1S/C15H22N2O/c1-3-13-6-4-5-7-15(13)17(12(2)18)14-8-10-16-11-9-14/h4-7,14,16H,3,8-11H2,1-2H3. The fourth-order valence-electron chi connectivity index (χ4n) is 2.73. The van der Waals surface area contributed by atoms with E-state index >= 15 is 0 Å². The van der Waals surface area contributed by atoms with Crippen molar-refractivity contribution in [2.45, 2.75) is 39.2 Å². The van der Waals surface area contributed by atoms with Crippen LogP contribution in [0.3, 0.4) is 0 Å². The van der Waals surface area contributed by atoms with E-state index in [0.29, 0.717) is 6.04 Å². The molecule has 0 atom stereocenters. The molecule has 0 unspecified atom stereocenters. The number of para-hydroxylation sites is 1. The molecule has 0 spiro atoms. The smallest absolute Gasteiger partial charge is 0.224 e. The number of benzene rings is 1. The van der Waals surface area contributed by atoms with Crippen LogP contribution in [0, 0.1) is 0 Å². The number of rotatable bonds is 3. The normalized spacial score (nSPS) is 16.6. The molecule has 1 amide bonds. The minimum Gasteiger partial charge on any atom is -0.317 e.